The fourth-order valence-corrected chi connectivity index (χ4v) is 1.15. The fourth-order valence-electron chi connectivity index (χ4n) is 1.15. The molecule has 1 rings (SSSR count). The van der Waals surface area contributed by atoms with Crippen molar-refractivity contribution in [2.24, 2.45) is 0 Å². The lowest BCUT2D eigenvalue weighted by Gasteiger charge is -2.16. The second-order valence-corrected chi connectivity index (χ2v) is 3.55. The van der Waals surface area contributed by atoms with Crippen LogP contribution >= 0.6 is 0 Å². The first-order valence-electron chi connectivity index (χ1n) is 4.91. The minimum absolute atomic E-state index is 0.0196. The van der Waals surface area contributed by atoms with Gasteiger partial charge in [-0.1, -0.05) is 0 Å². The molecule has 0 radical (unpaired) electrons. The summed E-state index contributed by atoms with van der Waals surface area (Å²) >= 11 is 0. The Balaban J connectivity index is 2.75. The number of hydrogen-bond acceptors (Lipinski definition) is 3. The molecule has 2 N–H and O–H groups in total. The number of nitriles is 1. The van der Waals surface area contributed by atoms with Crippen molar-refractivity contribution in [2.75, 3.05) is 12.3 Å². The van der Waals surface area contributed by atoms with E-state index in [9.17, 15) is 17.6 Å². The Bertz CT molecular complexity index is 457. The number of rotatable bonds is 5. The molecule has 0 bridgehead atoms. The summed E-state index contributed by atoms with van der Waals surface area (Å²) < 4.78 is 53.6. The number of nitrogens with two attached hydrogens (primary N) is 1. The third-order valence-corrected chi connectivity index (χ3v) is 2.13. The van der Waals surface area contributed by atoms with E-state index in [1.165, 1.54) is 18.2 Å². The molecule has 7 heteroatoms. The number of alkyl halides is 4. The van der Waals surface area contributed by atoms with Gasteiger partial charge in [-0.3, -0.25) is 0 Å². The van der Waals surface area contributed by atoms with Crippen molar-refractivity contribution < 1.29 is 22.3 Å². The number of ether oxygens (including phenoxy) is 1. The Labute approximate surface area is 101 Å². The molecule has 18 heavy (non-hydrogen) atoms. The highest BCUT2D eigenvalue weighted by Gasteiger charge is 2.41. The Kier molecular flexibility index (Phi) is 4.37. The van der Waals surface area contributed by atoms with Crippen molar-refractivity contribution in [1.82, 2.24) is 0 Å². The van der Waals surface area contributed by atoms with Crippen LogP contribution in [-0.2, 0) is 6.42 Å². The maximum Gasteiger partial charge on any atom is 0.340 e. The van der Waals surface area contributed by atoms with Gasteiger partial charge in [-0.15, -0.1) is 0 Å². The molecule has 0 aromatic heterocycles. The number of halogens is 4. The molecular weight excluding hydrogens is 252 g/mol. The van der Waals surface area contributed by atoms with Crippen LogP contribution in [0, 0.1) is 11.3 Å². The average Bonchev–Trinajstić information content (AvgIpc) is 2.30. The van der Waals surface area contributed by atoms with Gasteiger partial charge in [0.1, 0.15) is 5.75 Å². The largest absolute Gasteiger partial charge is 0.487 e. The summed E-state index contributed by atoms with van der Waals surface area (Å²) in [5, 5.41) is 8.50. The van der Waals surface area contributed by atoms with Crippen LogP contribution in [0.25, 0.3) is 0 Å². The van der Waals surface area contributed by atoms with E-state index in [4.69, 9.17) is 11.0 Å². The summed E-state index contributed by atoms with van der Waals surface area (Å²) in [6.07, 6.45) is -3.81. The number of nitrogen functional groups attached to an aromatic ring is 1. The van der Waals surface area contributed by atoms with Gasteiger partial charge < -0.3 is 10.5 Å². The summed E-state index contributed by atoms with van der Waals surface area (Å²) in [4.78, 5) is 0. The normalized spacial score (nSPS) is 11.3. The zero-order chi connectivity index (χ0) is 13.8. The monoisotopic (exact) mass is 262 g/mol. The highest BCUT2D eigenvalue weighted by molar-refractivity contribution is 5.51. The van der Waals surface area contributed by atoms with Crippen LogP contribution in [-0.4, -0.2) is 19.0 Å². The summed E-state index contributed by atoms with van der Waals surface area (Å²) in [6, 6.07) is 5.76. The quantitative estimate of drug-likeness (QED) is 0.655. The van der Waals surface area contributed by atoms with Crippen LogP contribution < -0.4 is 10.5 Å². The van der Waals surface area contributed by atoms with Crippen LogP contribution in [0.4, 0.5) is 23.2 Å². The fraction of sp³-hybridized carbons (Fsp3) is 0.364. The molecule has 98 valence electrons. The van der Waals surface area contributed by atoms with Gasteiger partial charge in [0, 0.05) is 5.69 Å². The van der Waals surface area contributed by atoms with Gasteiger partial charge in [0.05, 0.1) is 12.5 Å². The topological polar surface area (TPSA) is 59.0 Å². The molecule has 0 aliphatic rings. The zero-order valence-electron chi connectivity index (χ0n) is 9.17. The molecule has 0 saturated heterocycles. The molecule has 0 spiro atoms. The number of anilines is 1. The lowest BCUT2D eigenvalue weighted by molar-refractivity contribution is -0.148. The van der Waals surface area contributed by atoms with E-state index >= 15 is 0 Å². The van der Waals surface area contributed by atoms with Crippen LogP contribution in [0.2, 0.25) is 0 Å². The van der Waals surface area contributed by atoms with Gasteiger partial charge in [-0.05, 0) is 23.8 Å². The van der Waals surface area contributed by atoms with Crippen molar-refractivity contribution in [3.63, 3.8) is 0 Å². The Hall–Kier alpha value is -1.97. The van der Waals surface area contributed by atoms with Crippen LogP contribution in [0.3, 0.4) is 0 Å². The molecule has 0 aliphatic heterocycles. The Morgan fingerprint density at radius 1 is 1.39 bits per heavy atom. The molecule has 0 amide bonds. The average molecular weight is 262 g/mol. The van der Waals surface area contributed by atoms with Gasteiger partial charge in [0.25, 0.3) is 0 Å². The van der Waals surface area contributed by atoms with Crippen molar-refractivity contribution >= 4 is 5.69 Å². The van der Waals surface area contributed by atoms with E-state index in [0.29, 0.717) is 11.3 Å². The van der Waals surface area contributed by atoms with E-state index in [0.717, 1.165) is 0 Å². The second kappa shape index (κ2) is 5.58. The second-order valence-electron chi connectivity index (χ2n) is 3.55. The Morgan fingerprint density at radius 3 is 2.61 bits per heavy atom. The highest BCUT2D eigenvalue weighted by atomic mass is 19.3. The summed E-state index contributed by atoms with van der Waals surface area (Å²) in [5.74, 6) is -4.24. The number of nitrogens with zero attached hydrogens (tertiary/aromatic N) is 1. The maximum atomic E-state index is 12.6. The van der Waals surface area contributed by atoms with Gasteiger partial charge in [-0.25, -0.2) is 8.78 Å². The van der Waals surface area contributed by atoms with Gasteiger partial charge in [0.15, 0.2) is 6.61 Å². The number of benzene rings is 1. The standard InChI is InChI=1S/C11H10F4N2O/c12-10(13)11(14,15)6-18-8-1-2-9(17)7(5-8)3-4-16/h1-2,5,10H,3,6,17H2. The first-order chi connectivity index (χ1) is 8.36. The summed E-state index contributed by atoms with van der Waals surface area (Å²) in [6.45, 7) is -1.43. The summed E-state index contributed by atoms with van der Waals surface area (Å²) in [5.41, 5.74) is 6.24. The lowest BCUT2D eigenvalue weighted by Crippen LogP contribution is -2.33. The van der Waals surface area contributed by atoms with Crippen molar-refractivity contribution in [3.05, 3.63) is 23.8 Å². The molecule has 0 fully saturated rings. The molecule has 0 atom stereocenters. The third-order valence-electron chi connectivity index (χ3n) is 2.13. The Morgan fingerprint density at radius 2 is 2.06 bits per heavy atom. The SMILES string of the molecule is N#CCc1cc(OCC(F)(F)C(F)F)ccc1N. The predicted octanol–water partition coefficient (Wildman–Crippen LogP) is 2.61. The molecule has 0 aliphatic carbocycles. The van der Waals surface area contributed by atoms with Crippen LogP contribution in [0.1, 0.15) is 5.56 Å². The minimum atomic E-state index is -4.21. The van der Waals surface area contributed by atoms with Crippen molar-refractivity contribution in [1.29, 1.82) is 5.26 Å². The molecule has 1 aromatic carbocycles. The van der Waals surface area contributed by atoms with E-state index in [-0.39, 0.29) is 12.2 Å². The molecule has 0 heterocycles. The lowest BCUT2D eigenvalue weighted by atomic mass is 10.1. The smallest absolute Gasteiger partial charge is 0.340 e. The van der Waals surface area contributed by atoms with Gasteiger partial charge in [-0.2, -0.15) is 14.0 Å². The zero-order valence-corrected chi connectivity index (χ0v) is 9.17. The molecule has 0 unspecified atom stereocenters. The first-order valence-corrected chi connectivity index (χ1v) is 4.91. The molecule has 1 aromatic rings. The van der Waals surface area contributed by atoms with Crippen LogP contribution in [0.5, 0.6) is 5.75 Å². The highest BCUT2D eigenvalue weighted by Crippen LogP contribution is 2.26. The van der Waals surface area contributed by atoms with Gasteiger partial charge in [0.2, 0.25) is 0 Å². The third kappa shape index (κ3) is 3.52. The molecule has 0 saturated carbocycles. The maximum absolute atomic E-state index is 12.6. The van der Waals surface area contributed by atoms with E-state index in [2.05, 4.69) is 4.74 Å². The molecule has 3 nitrogen and oxygen atoms in total. The van der Waals surface area contributed by atoms with Crippen molar-refractivity contribution in [2.45, 2.75) is 18.8 Å². The van der Waals surface area contributed by atoms with E-state index < -0.39 is 19.0 Å². The van der Waals surface area contributed by atoms with E-state index in [1.54, 1.807) is 0 Å². The summed E-state index contributed by atoms with van der Waals surface area (Å²) in [7, 11) is 0. The molecular formula is C11H10F4N2O. The minimum Gasteiger partial charge on any atom is -0.487 e. The number of hydrogen-bond donors (Lipinski definition) is 1. The first kappa shape index (κ1) is 14.1. The predicted molar refractivity (Wildman–Crippen MR) is 56.6 cm³/mol. The van der Waals surface area contributed by atoms with E-state index in [1.807, 2.05) is 6.07 Å². The van der Waals surface area contributed by atoms with Crippen molar-refractivity contribution in [3.8, 4) is 11.8 Å². The van der Waals surface area contributed by atoms with Crippen LogP contribution in [0.15, 0.2) is 18.2 Å². The van der Waals surface area contributed by atoms with Gasteiger partial charge >= 0.3 is 12.3 Å².